The van der Waals surface area contributed by atoms with Gasteiger partial charge in [0.25, 0.3) is 0 Å². The van der Waals surface area contributed by atoms with Crippen molar-refractivity contribution in [2.24, 2.45) is 11.8 Å². The van der Waals surface area contributed by atoms with Crippen LogP contribution in [0.2, 0.25) is 0 Å². The van der Waals surface area contributed by atoms with Crippen LogP contribution in [-0.4, -0.2) is 13.1 Å². The molecule has 1 aliphatic carbocycles. The Morgan fingerprint density at radius 3 is 1.92 bits per heavy atom. The Morgan fingerprint density at radius 1 is 1.00 bits per heavy atom. The van der Waals surface area contributed by atoms with Gasteiger partial charge in [0.05, 0.1) is 0 Å². The molecular weight excluding hydrogens is 148 g/mol. The van der Waals surface area contributed by atoms with E-state index in [0.29, 0.717) is 24.9 Å². The molecule has 0 heterocycles. The molecule has 0 aromatic heterocycles. The van der Waals surface area contributed by atoms with Crippen LogP contribution in [0.25, 0.3) is 9.69 Å². The SMILES string of the molecule is [C-]#[N+]CC1CCCC(C[N+]#[C-])C1. The summed E-state index contributed by atoms with van der Waals surface area (Å²) in [7, 11) is 0. The first-order chi connectivity index (χ1) is 5.86. The van der Waals surface area contributed by atoms with Gasteiger partial charge in [-0.3, -0.25) is 0 Å². The van der Waals surface area contributed by atoms with Crippen molar-refractivity contribution in [1.82, 2.24) is 0 Å². The molecule has 0 N–H and O–H groups in total. The van der Waals surface area contributed by atoms with E-state index in [1.165, 1.54) is 19.3 Å². The van der Waals surface area contributed by atoms with Crippen LogP contribution in [0.5, 0.6) is 0 Å². The average Bonchev–Trinajstić information content (AvgIpc) is 2.06. The molecule has 0 saturated heterocycles. The van der Waals surface area contributed by atoms with Crippen molar-refractivity contribution in [3.05, 3.63) is 22.8 Å². The smallest absolute Gasteiger partial charge is 0.217 e. The third kappa shape index (κ3) is 2.55. The van der Waals surface area contributed by atoms with Crippen molar-refractivity contribution >= 4 is 0 Å². The third-order valence-corrected chi connectivity index (χ3v) is 2.59. The summed E-state index contributed by atoms with van der Waals surface area (Å²) in [6, 6.07) is 0. The van der Waals surface area contributed by atoms with Crippen molar-refractivity contribution in [2.75, 3.05) is 13.1 Å². The van der Waals surface area contributed by atoms with Crippen LogP contribution in [0, 0.1) is 25.0 Å². The first-order valence-corrected chi connectivity index (χ1v) is 4.53. The molecule has 1 saturated carbocycles. The van der Waals surface area contributed by atoms with Crippen LogP contribution < -0.4 is 0 Å². The molecule has 0 aliphatic heterocycles. The van der Waals surface area contributed by atoms with Gasteiger partial charge in [-0.25, -0.2) is 13.1 Å². The molecule has 1 fully saturated rings. The van der Waals surface area contributed by atoms with Crippen LogP contribution in [0.3, 0.4) is 0 Å². The molecule has 0 aromatic rings. The number of hydrogen-bond donors (Lipinski definition) is 0. The topological polar surface area (TPSA) is 8.72 Å². The number of nitrogens with zero attached hydrogens (tertiary/aromatic N) is 2. The average molecular weight is 162 g/mol. The van der Waals surface area contributed by atoms with Crippen LogP contribution >= 0.6 is 0 Å². The van der Waals surface area contributed by atoms with Crippen molar-refractivity contribution in [3.8, 4) is 0 Å². The molecule has 2 atom stereocenters. The molecule has 1 aliphatic rings. The lowest BCUT2D eigenvalue weighted by molar-refractivity contribution is 0.293. The zero-order valence-corrected chi connectivity index (χ0v) is 7.29. The molecule has 64 valence electrons. The molecule has 0 radical (unpaired) electrons. The van der Waals surface area contributed by atoms with Gasteiger partial charge in [0.1, 0.15) is 0 Å². The predicted octanol–water partition coefficient (Wildman–Crippen LogP) is 2.63. The predicted molar refractivity (Wildman–Crippen MR) is 48.4 cm³/mol. The summed E-state index contributed by atoms with van der Waals surface area (Å²) >= 11 is 0. The molecule has 0 amide bonds. The van der Waals surface area contributed by atoms with Crippen LogP contribution in [0.15, 0.2) is 0 Å². The molecule has 12 heavy (non-hydrogen) atoms. The van der Waals surface area contributed by atoms with Gasteiger partial charge in [0.15, 0.2) is 0 Å². The zero-order chi connectivity index (χ0) is 8.81. The van der Waals surface area contributed by atoms with Gasteiger partial charge in [0.2, 0.25) is 13.1 Å². The maximum Gasteiger partial charge on any atom is 0.217 e. The lowest BCUT2D eigenvalue weighted by atomic mass is 9.81. The second-order valence-corrected chi connectivity index (χ2v) is 3.58. The molecule has 2 unspecified atom stereocenters. The van der Waals surface area contributed by atoms with Crippen LogP contribution in [0.1, 0.15) is 25.7 Å². The Labute approximate surface area is 74.2 Å². The highest BCUT2D eigenvalue weighted by molar-refractivity contribution is 4.81. The quantitative estimate of drug-likeness (QED) is 0.552. The Kier molecular flexibility index (Phi) is 3.61. The summed E-state index contributed by atoms with van der Waals surface area (Å²) in [4.78, 5) is 6.85. The molecule has 0 aromatic carbocycles. The van der Waals surface area contributed by atoms with E-state index in [2.05, 4.69) is 9.69 Å². The van der Waals surface area contributed by atoms with E-state index in [-0.39, 0.29) is 0 Å². The Balaban J connectivity index is 2.32. The van der Waals surface area contributed by atoms with Crippen molar-refractivity contribution in [2.45, 2.75) is 25.7 Å². The van der Waals surface area contributed by atoms with E-state index >= 15 is 0 Å². The molecule has 0 spiro atoms. The minimum Gasteiger partial charge on any atom is -0.317 e. The summed E-state index contributed by atoms with van der Waals surface area (Å²) in [5.74, 6) is 1.17. The fourth-order valence-electron chi connectivity index (χ4n) is 1.99. The van der Waals surface area contributed by atoms with E-state index in [0.717, 1.165) is 6.42 Å². The van der Waals surface area contributed by atoms with E-state index in [4.69, 9.17) is 13.1 Å². The standard InChI is InChI=1S/C10H14N2/c1-11-7-9-4-3-5-10(6-9)8-12-2/h9-10H,3-8H2. The number of rotatable bonds is 2. The fraction of sp³-hybridized carbons (Fsp3) is 0.800. The maximum atomic E-state index is 6.77. The largest absolute Gasteiger partial charge is 0.317 e. The van der Waals surface area contributed by atoms with Gasteiger partial charge in [-0.1, -0.05) is 6.42 Å². The second-order valence-electron chi connectivity index (χ2n) is 3.58. The van der Waals surface area contributed by atoms with Crippen LogP contribution in [0.4, 0.5) is 0 Å². The lowest BCUT2D eigenvalue weighted by Gasteiger charge is -2.22. The summed E-state index contributed by atoms with van der Waals surface area (Å²) < 4.78 is 0. The lowest BCUT2D eigenvalue weighted by Crippen LogP contribution is -2.18. The minimum absolute atomic E-state index is 0.586. The van der Waals surface area contributed by atoms with Gasteiger partial charge < -0.3 is 9.69 Å². The first-order valence-electron chi connectivity index (χ1n) is 4.53. The second kappa shape index (κ2) is 4.78. The summed E-state index contributed by atoms with van der Waals surface area (Å²) in [5.41, 5.74) is 0. The normalized spacial score (nSPS) is 28.8. The fourth-order valence-corrected chi connectivity index (χ4v) is 1.99. The summed E-state index contributed by atoms with van der Waals surface area (Å²) in [6.45, 7) is 14.9. The molecule has 1 rings (SSSR count). The maximum absolute atomic E-state index is 6.77. The summed E-state index contributed by atoms with van der Waals surface area (Å²) in [5, 5.41) is 0. The molecule has 2 nitrogen and oxygen atoms in total. The van der Waals surface area contributed by atoms with E-state index in [1.54, 1.807) is 0 Å². The summed E-state index contributed by atoms with van der Waals surface area (Å²) in [6.07, 6.45) is 4.75. The highest BCUT2D eigenvalue weighted by Crippen LogP contribution is 2.29. The molecule has 0 bridgehead atoms. The third-order valence-electron chi connectivity index (χ3n) is 2.59. The monoisotopic (exact) mass is 162 g/mol. The Hall–Kier alpha value is -1.02. The highest BCUT2D eigenvalue weighted by Gasteiger charge is 2.25. The van der Waals surface area contributed by atoms with Gasteiger partial charge in [0, 0.05) is 11.8 Å². The van der Waals surface area contributed by atoms with Crippen molar-refractivity contribution in [1.29, 1.82) is 0 Å². The Bertz CT molecular complexity index is 187. The van der Waals surface area contributed by atoms with Gasteiger partial charge in [-0.15, -0.1) is 0 Å². The van der Waals surface area contributed by atoms with Crippen molar-refractivity contribution in [3.63, 3.8) is 0 Å². The number of hydrogen-bond acceptors (Lipinski definition) is 0. The van der Waals surface area contributed by atoms with Gasteiger partial charge in [-0.2, -0.15) is 0 Å². The van der Waals surface area contributed by atoms with Gasteiger partial charge >= 0.3 is 0 Å². The van der Waals surface area contributed by atoms with E-state index < -0.39 is 0 Å². The highest BCUT2D eigenvalue weighted by atomic mass is 14.7. The van der Waals surface area contributed by atoms with E-state index in [1.807, 2.05) is 0 Å². The van der Waals surface area contributed by atoms with E-state index in [9.17, 15) is 0 Å². The van der Waals surface area contributed by atoms with Crippen molar-refractivity contribution < 1.29 is 0 Å². The zero-order valence-electron chi connectivity index (χ0n) is 7.29. The molecule has 2 heteroatoms. The Morgan fingerprint density at radius 2 is 1.50 bits per heavy atom. The van der Waals surface area contributed by atoms with Crippen LogP contribution in [-0.2, 0) is 0 Å². The van der Waals surface area contributed by atoms with Gasteiger partial charge in [-0.05, 0) is 19.3 Å². The molecular formula is C10H14N2. The first kappa shape index (κ1) is 9.07. The minimum atomic E-state index is 0.586.